The van der Waals surface area contributed by atoms with Crippen LogP contribution in [0.4, 0.5) is 0 Å². The van der Waals surface area contributed by atoms with Crippen molar-refractivity contribution in [1.82, 2.24) is 49.4 Å². The molecule has 0 aromatic carbocycles. The second-order valence-corrected chi connectivity index (χ2v) is 7.16. The molecule has 2 unspecified atom stereocenters. The van der Waals surface area contributed by atoms with Gasteiger partial charge in [0.05, 0.1) is 12.1 Å². The van der Waals surface area contributed by atoms with Crippen LogP contribution in [0, 0.1) is 0 Å². The third kappa shape index (κ3) is 6.24. The lowest BCUT2D eigenvalue weighted by Crippen LogP contribution is -2.41. The Bertz CT molecular complexity index is 1000. The summed E-state index contributed by atoms with van der Waals surface area (Å²) in [6.45, 7) is 6.89. The average molecular weight is 451 g/mol. The highest BCUT2D eigenvalue weighted by atomic mass is 16.2. The van der Waals surface area contributed by atoms with Crippen molar-refractivity contribution in [3.63, 3.8) is 0 Å². The molecule has 0 N–H and O–H groups in total. The van der Waals surface area contributed by atoms with Crippen LogP contribution in [0.3, 0.4) is 0 Å². The third-order valence-electron chi connectivity index (χ3n) is 4.47. The first-order valence-electron chi connectivity index (χ1n) is 9.73. The van der Waals surface area contributed by atoms with Crippen molar-refractivity contribution in [3.8, 4) is 0 Å². The van der Waals surface area contributed by atoms with E-state index in [0.29, 0.717) is 0 Å². The first-order valence-corrected chi connectivity index (χ1v) is 9.73. The molecule has 0 amide bonds. The Morgan fingerprint density at radius 3 is 1.28 bits per heavy atom. The molecule has 2 atom stereocenters. The summed E-state index contributed by atoms with van der Waals surface area (Å²) < 4.78 is 3.57. The van der Waals surface area contributed by atoms with Crippen LogP contribution in [-0.4, -0.2) is 101 Å². The summed E-state index contributed by atoms with van der Waals surface area (Å²) in [5.74, 6) is -0.795. The molecular weight excluding hydrogens is 420 g/mol. The smallest absolute Gasteiger partial charge is 0.298 e. The van der Waals surface area contributed by atoms with Gasteiger partial charge < -0.3 is 0 Å². The number of hydrogen-bond donors (Lipinski definition) is 0. The SMILES string of the molecule is C/C=C/n1nnn(C(=O)C(C)N(C)C)c1=O.C/C=C\n1nnn(C(=O)C(C)N(C)C)c1=O. The van der Waals surface area contributed by atoms with E-state index in [0.717, 1.165) is 18.7 Å². The summed E-state index contributed by atoms with van der Waals surface area (Å²) in [5, 5.41) is 14.2. The van der Waals surface area contributed by atoms with Gasteiger partial charge in [-0.15, -0.1) is 9.36 Å². The Balaban J connectivity index is 0.000000320. The average Bonchev–Trinajstić information content (AvgIpc) is 3.29. The van der Waals surface area contributed by atoms with Gasteiger partial charge in [-0.25, -0.2) is 9.59 Å². The minimum absolute atomic E-state index is 0.397. The van der Waals surface area contributed by atoms with Crippen LogP contribution in [-0.2, 0) is 0 Å². The van der Waals surface area contributed by atoms with E-state index in [2.05, 4.69) is 20.9 Å². The molecule has 14 nitrogen and oxygen atoms in total. The minimum Gasteiger partial charge on any atom is -0.298 e. The van der Waals surface area contributed by atoms with E-state index in [-0.39, 0.29) is 0 Å². The summed E-state index contributed by atoms with van der Waals surface area (Å²) >= 11 is 0. The van der Waals surface area contributed by atoms with Gasteiger partial charge in [-0.3, -0.25) is 19.4 Å². The second-order valence-electron chi connectivity index (χ2n) is 7.16. The lowest BCUT2D eigenvalue weighted by atomic mass is 10.3. The predicted molar refractivity (Wildman–Crippen MR) is 118 cm³/mol. The van der Waals surface area contributed by atoms with E-state index in [4.69, 9.17) is 0 Å². The van der Waals surface area contributed by atoms with Crippen LogP contribution in [0.1, 0.15) is 37.3 Å². The number of likely N-dealkylation sites (N-methyl/N-ethyl adjacent to an activating group) is 2. The van der Waals surface area contributed by atoms with E-state index in [1.165, 1.54) is 12.4 Å². The van der Waals surface area contributed by atoms with E-state index >= 15 is 0 Å². The number of carbonyl (C=O) groups is 2. The molecule has 0 radical (unpaired) electrons. The zero-order valence-electron chi connectivity index (χ0n) is 19.6. The quantitative estimate of drug-likeness (QED) is 0.504. The first kappa shape index (κ1) is 26.5. The molecule has 2 rings (SSSR count). The summed E-state index contributed by atoms with van der Waals surface area (Å²) in [4.78, 5) is 50.3. The number of hydrogen-bond acceptors (Lipinski definition) is 10. The standard InChI is InChI=1S/2C9H15N5O2/c2*1-5-6-13-9(16)14(11-10-13)8(15)7(2)12(3)4/h2*5-7H,1-4H3/b6-5+;6-5-. The topological polar surface area (TPSA) is 146 Å². The van der Waals surface area contributed by atoms with Gasteiger partial charge in [0.2, 0.25) is 0 Å². The molecule has 2 aromatic rings. The molecule has 2 aromatic heterocycles. The maximum Gasteiger partial charge on any atom is 0.375 e. The Kier molecular flexibility index (Phi) is 9.74. The van der Waals surface area contributed by atoms with Crippen molar-refractivity contribution in [2.24, 2.45) is 0 Å². The van der Waals surface area contributed by atoms with Crippen molar-refractivity contribution < 1.29 is 9.59 Å². The van der Waals surface area contributed by atoms with E-state index in [1.54, 1.807) is 77.8 Å². The minimum atomic E-state index is -0.559. The van der Waals surface area contributed by atoms with E-state index < -0.39 is 35.3 Å². The molecule has 0 spiro atoms. The predicted octanol–water partition coefficient (Wildman–Crippen LogP) is -0.959. The Hall–Kier alpha value is -3.52. The van der Waals surface area contributed by atoms with Crippen molar-refractivity contribution in [2.75, 3.05) is 28.2 Å². The van der Waals surface area contributed by atoms with Gasteiger partial charge in [-0.05, 0) is 76.7 Å². The first-order chi connectivity index (χ1) is 15.0. The molecule has 32 heavy (non-hydrogen) atoms. The van der Waals surface area contributed by atoms with Gasteiger partial charge in [0, 0.05) is 12.4 Å². The van der Waals surface area contributed by atoms with Gasteiger partial charge in [-0.2, -0.15) is 9.36 Å². The van der Waals surface area contributed by atoms with Gasteiger partial charge in [0.15, 0.2) is 0 Å². The maximum atomic E-state index is 11.8. The van der Waals surface area contributed by atoms with Crippen molar-refractivity contribution >= 4 is 24.2 Å². The Morgan fingerprint density at radius 1 is 0.719 bits per heavy atom. The summed E-state index contributed by atoms with van der Waals surface area (Å²) in [6.07, 6.45) is 6.17. The van der Waals surface area contributed by atoms with Crippen molar-refractivity contribution in [1.29, 1.82) is 0 Å². The van der Waals surface area contributed by atoms with Gasteiger partial charge in [0.1, 0.15) is 0 Å². The Labute approximate surface area is 185 Å². The lowest BCUT2D eigenvalue weighted by Gasteiger charge is -2.16. The fourth-order valence-corrected chi connectivity index (χ4v) is 2.06. The van der Waals surface area contributed by atoms with Crippen molar-refractivity contribution in [3.05, 3.63) is 33.1 Å². The molecule has 0 bridgehead atoms. The maximum absolute atomic E-state index is 11.8. The number of aromatic nitrogens is 8. The molecule has 2 heterocycles. The van der Waals surface area contributed by atoms with Crippen molar-refractivity contribution in [2.45, 2.75) is 39.8 Å². The highest BCUT2D eigenvalue weighted by Crippen LogP contribution is 1.95. The number of tetrazole rings is 2. The number of rotatable bonds is 6. The highest BCUT2D eigenvalue weighted by Gasteiger charge is 2.22. The summed E-state index contributed by atoms with van der Waals surface area (Å²) in [6, 6.07) is -0.845. The Morgan fingerprint density at radius 2 is 1.03 bits per heavy atom. The van der Waals surface area contributed by atoms with Gasteiger partial charge >= 0.3 is 11.4 Å². The lowest BCUT2D eigenvalue weighted by molar-refractivity contribution is 0.0772. The largest absolute Gasteiger partial charge is 0.375 e. The fraction of sp³-hybridized carbons (Fsp3) is 0.556. The molecule has 0 fully saturated rings. The number of carbonyl (C=O) groups excluding carboxylic acids is 2. The molecule has 0 saturated heterocycles. The van der Waals surface area contributed by atoms with Crippen LogP contribution in [0.25, 0.3) is 12.4 Å². The monoisotopic (exact) mass is 450 g/mol. The molecule has 0 aliphatic rings. The van der Waals surface area contributed by atoms with Crippen LogP contribution in [0.2, 0.25) is 0 Å². The number of allylic oxidation sites excluding steroid dienone is 2. The second kappa shape index (κ2) is 11.8. The molecule has 0 aliphatic carbocycles. The molecule has 14 heteroatoms. The fourth-order valence-electron chi connectivity index (χ4n) is 2.06. The number of nitrogens with zero attached hydrogens (tertiary/aromatic N) is 10. The van der Waals surface area contributed by atoms with Crippen LogP contribution in [0.15, 0.2) is 21.7 Å². The van der Waals surface area contributed by atoms with Gasteiger partial charge in [-0.1, -0.05) is 12.2 Å². The van der Waals surface area contributed by atoms with E-state index in [1.807, 2.05) is 0 Å². The summed E-state index contributed by atoms with van der Waals surface area (Å²) in [7, 11) is 7.02. The molecule has 0 aliphatic heterocycles. The molecular formula is C18H30N10O4. The third-order valence-corrected chi connectivity index (χ3v) is 4.47. The highest BCUT2D eigenvalue weighted by molar-refractivity contribution is 5.83. The van der Waals surface area contributed by atoms with E-state index in [9.17, 15) is 19.2 Å². The molecule has 176 valence electrons. The normalized spacial score (nSPS) is 13.6. The molecule has 0 saturated carbocycles. The van der Waals surface area contributed by atoms with Crippen LogP contribution >= 0.6 is 0 Å². The van der Waals surface area contributed by atoms with Gasteiger partial charge in [0.25, 0.3) is 11.8 Å². The summed E-state index contributed by atoms with van der Waals surface area (Å²) in [5.41, 5.74) is -1.12. The zero-order chi connectivity index (χ0) is 24.6. The zero-order valence-corrected chi connectivity index (χ0v) is 19.6. The van der Waals surface area contributed by atoms with Crippen LogP contribution < -0.4 is 11.4 Å². The van der Waals surface area contributed by atoms with Crippen LogP contribution in [0.5, 0.6) is 0 Å².